The van der Waals surface area contributed by atoms with Crippen molar-refractivity contribution < 1.29 is 9.52 Å². The van der Waals surface area contributed by atoms with E-state index in [1.54, 1.807) is 18.2 Å². The fraction of sp³-hybridized carbons (Fsp3) is 0.0455. The quantitative estimate of drug-likeness (QED) is 0.392. The lowest BCUT2D eigenvalue weighted by atomic mass is 10.0. The summed E-state index contributed by atoms with van der Waals surface area (Å²) in [5.41, 5.74) is 1.07. The van der Waals surface area contributed by atoms with Crippen molar-refractivity contribution in [1.82, 2.24) is 0 Å². The fourth-order valence-corrected chi connectivity index (χ4v) is 4.14. The summed E-state index contributed by atoms with van der Waals surface area (Å²) in [6.45, 7) is 0. The molecule has 1 unspecified atom stereocenters. The monoisotopic (exact) mass is 360 g/mol. The fourth-order valence-electron chi connectivity index (χ4n) is 2.94. The van der Waals surface area contributed by atoms with Crippen molar-refractivity contribution in [3.63, 3.8) is 0 Å². The van der Waals surface area contributed by atoms with Gasteiger partial charge in [0.1, 0.15) is 11.3 Å². The van der Waals surface area contributed by atoms with Gasteiger partial charge in [-0.1, -0.05) is 60.7 Å². The van der Waals surface area contributed by atoms with Crippen LogP contribution in [0.1, 0.15) is 16.4 Å². The number of para-hydroxylation sites is 1. The normalized spacial score (nSPS) is 12.2. The maximum atomic E-state index is 12.7. The molecule has 0 aliphatic heterocycles. The molecule has 26 heavy (non-hydrogen) atoms. The molecule has 0 saturated heterocycles. The van der Waals surface area contributed by atoms with Gasteiger partial charge in [0.05, 0.1) is 16.2 Å². The zero-order chi connectivity index (χ0) is 17.9. The van der Waals surface area contributed by atoms with Crippen LogP contribution in [0.25, 0.3) is 11.0 Å². The maximum absolute atomic E-state index is 12.7. The van der Waals surface area contributed by atoms with Crippen LogP contribution in [0.5, 0.6) is 5.75 Å². The van der Waals surface area contributed by atoms with Crippen LogP contribution in [-0.2, 0) is 0 Å². The zero-order valence-electron chi connectivity index (χ0n) is 13.8. The third kappa shape index (κ3) is 3.11. The first-order valence-corrected chi connectivity index (χ1v) is 9.13. The number of benzene rings is 3. The Morgan fingerprint density at radius 2 is 1.42 bits per heavy atom. The molecule has 3 aromatic carbocycles. The zero-order valence-corrected chi connectivity index (χ0v) is 14.6. The molecule has 4 aromatic rings. The van der Waals surface area contributed by atoms with E-state index >= 15 is 0 Å². The Balaban J connectivity index is 1.92. The Kier molecular flexibility index (Phi) is 4.50. The molecular weight excluding hydrogens is 344 g/mol. The van der Waals surface area contributed by atoms with E-state index in [9.17, 15) is 9.90 Å². The predicted molar refractivity (Wildman–Crippen MR) is 105 cm³/mol. The molecule has 0 amide bonds. The van der Waals surface area contributed by atoms with Crippen LogP contribution in [0.15, 0.2) is 99.0 Å². The molecule has 1 N–H and O–H groups in total. The van der Waals surface area contributed by atoms with Crippen LogP contribution < -0.4 is 5.63 Å². The molecule has 1 aromatic heterocycles. The summed E-state index contributed by atoms with van der Waals surface area (Å²) in [4.78, 5) is 13.7. The van der Waals surface area contributed by atoms with Gasteiger partial charge in [0.2, 0.25) is 0 Å². The van der Waals surface area contributed by atoms with Gasteiger partial charge in [-0.25, -0.2) is 4.79 Å². The molecular formula is C22H16O3S. The lowest BCUT2D eigenvalue weighted by Gasteiger charge is -2.18. The highest BCUT2D eigenvalue weighted by atomic mass is 32.2. The van der Waals surface area contributed by atoms with Crippen LogP contribution in [0, 0.1) is 0 Å². The van der Waals surface area contributed by atoms with Crippen molar-refractivity contribution in [2.75, 3.05) is 0 Å². The van der Waals surface area contributed by atoms with Crippen LogP contribution >= 0.6 is 11.8 Å². The van der Waals surface area contributed by atoms with Crippen molar-refractivity contribution in [3.8, 4) is 5.75 Å². The average molecular weight is 360 g/mol. The molecule has 1 atom stereocenters. The molecule has 3 nitrogen and oxygen atoms in total. The Hall–Kier alpha value is -2.98. The lowest BCUT2D eigenvalue weighted by molar-refractivity contribution is 0.458. The third-order valence-corrected chi connectivity index (χ3v) is 5.47. The van der Waals surface area contributed by atoms with E-state index in [0.29, 0.717) is 11.0 Å². The van der Waals surface area contributed by atoms with Crippen LogP contribution in [-0.4, -0.2) is 5.11 Å². The lowest BCUT2D eigenvalue weighted by Crippen LogP contribution is -2.12. The van der Waals surface area contributed by atoms with Crippen molar-refractivity contribution in [3.05, 3.63) is 106 Å². The van der Waals surface area contributed by atoms with Crippen LogP contribution in [0.2, 0.25) is 0 Å². The van der Waals surface area contributed by atoms with E-state index in [4.69, 9.17) is 4.42 Å². The van der Waals surface area contributed by atoms with Crippen molar-refractivity contribution in [1.29, 1.82) is 0 Å². The molecule has 0 spiro atoms. The van der Waals surface area contributed by atoms with E-state index in [2.05, 4.69) is 0 Å². The van der Waals surface area contributed by atoms with Gasteiger partial charge in [-0.2, -0.15) is 0 Å². The second-order valence-corrected chi connectivity index (χ2v) is 7.05. The van der Waals surface area contributed by atoms with E-state index in [0.717, 1.165) is 10.5 Å². The molecule has 0 radical (unpaired) electrons. The first-order chi connectivity index (χ1) is 12.7. The van der Waals surface area contributed by atoms with Crippen molar-refractivity contribution in [2.24, 2.45) is 0 Å². The SMILES string of the molecule is O=c1oc2ccccc2c(O)c1C(Sc1ccccc1)c1ccccc1. The first kappa shape index (κ1) is 16.5. The first-order valence-electron chi connectivity index (χ1n) is 8.25. The summed E-state index contributed by atoms with van der Waals surface area (Å²) >= 11 is 1.51. The number of aromatic hydroxyl groups is 1. The van der Waals surface area contributed by atoms with Gasteiger partial charge in [-0.3, -0.25) is 0 Å². The van der Waals surface area contributed by atoms with Gasteiger partial charge in [0.25, 0.3) is 0 Å². The Labute approximate surface area is 154 Å². The van der Waals surface area contributed by atoms with Gasteiger partial charge in [-0.05, 0) is 29.8 Å². The van der Waals surface area contributed by atoms with Crippen molar-refractivity contribution in [2.45, 2.75) is 10.1 Å². The second kappa shape index (κ2) is 7.10. The largest absolute Gasteiger partial charge is 0.507 e. The summed E-state index contributed by atoms with van der Waals surface area (Å²) in [7, 11) is 0. The molecule has 0 saturated carbocycles. The van der Waals surface area contributed by atoms with Gasteiger partial charge in [0, 0.05) is 4.90 Å². The maximum Gasteiger partial charge on any atom is 0.344 e. The minimum atomic E-state index is -0.515. The summed E-state index contributed by atoms with van der Waals surface area (Å²) < 4.78 is 5.48. The Bertz CT molecular complexity index is 1090. The van der Waals surface area contributed by atoms with Crippen molar-refractivity contribution >= 4 is 22.7 Å². The highest BCUT2D eigenvalue weighted by molar-refractivity contribution is 7.99. The topological polar surface area (TPSA) is 50.4 Å². The highest BCUT2D eigenvalue weighted by Crippen LogP contribution is 2.43. The average Bonchev–Trinajstić information content (AvgIpc) is 2.69. The summed E-state index contributed by atoms with van der Waals surface area (Å²) in [5, 5.41) is 11.0. The molecule has 0 fully saturated rings. The Morgan fingerprint density at radius 1 is 0.808 bits per heavy atom. The van der Waals surface area contributed by atoms with Gasteiger partial charge >= 0.3 is 5.63 Å². The molecule has 0 aliphatic rings. The van der Waals surface area contributed by atoms with Gasteiger partial charge < -0.3 is 9.52 Å². The molecule has 0 bridgehead atoms. The minimum Gasteiger partial charge on any atom is -0.507 e. The highest BCUT2D eigenvalue weighted by Gasteiger charge is 2.25. The molecule has 4 heteroatoms. The molecule has 128 valence electrons. The van der Waals surface area contributed by atoms with Crippen LogP contribution in [0.3, 0.4) is 0 Å². The number of hydrogen-bond donors (Lipinski definition) is 1. The number of hydrogen-bond acceptors (Lipinski definition) is 4. The molecule has 4 rings (SSSR count). The van der Waals surface area contributed by atoms with E-state index in [1.807, 2.05) is 66.7 Å². The van der Waals surface area contributed by atoms with E-state index in [1.165, 1.54) is 11.8 Å². The standard InChI is InChI=1S/C22H16O3S/c23-20-17-13-7-8-14-18(17)25-22(24)19(20)21(15-9-3-1-4-10-15)26-16-11-5-2-6-12-16/h1-14,21,23H. The van der Waals surface area contributed by atoms with Crippen LogP contribution in [0.4, 0.5) is 0 Å². The van der Waals surface area contributed by atoms with E-state index in [-0.39, 0.29) is 16.6 Å². The number of thioether (sulfide) groups is 1. The third-order valence-electron chi connectivity index (χ3n) is 4.18. The van der Waals surface area contributed by atoms with Gasteiger partial charge in [0.15, 0.2) is 0 Å². The minimum absolute atomic E-state index is 0.0193. The summed E-state index contributed by atoms with van der Waals surface area (Å²) in [6, 6.07) is 26.5. The second-order valence-electron chi connectivity index (χ2n) is 5.87. The van der Waals surface area contributed by atoms with Gasteiger partial charge in [-0.15, -0.1) is 11.8 Å². The summed E-state index contributed by atoms with van der Waals surface area (Å²) in [5.74, 6) is -0.0193. The smallest absolute Gasteiger partial charge is 0.344 e. The molecule has 0 aliphatic carbocycles. The number of rotatable bonds is 4. The predicted octanol–water partition coefficient (Wildman–Crippen LogP) is 5.38. The molecule has 1 heterocycles. The van der Waals surface area contributed by atoms with E-state index < -0.39 is 5.63 Å². The Morgan fingerprint density at radius 3 is 2.15 bits per heavy atom. The summed E-state index contributed by atoms with van der Waals surface area (Å²) in [6.07, 6.45) is 0. The number of fused-ring (bicyclic) bond motifs is 1.